The zero-order chi connectivity index (χ0) is 15.8. The van der Waals surface area contributed by atoms with Crippen molar-refractivity contribution in [2.24, 2.45) is 0 Å². The van der Waals surface area contributed by atoms with Crippen LogP contribution in [0.25, 0.3) is 0 Å². The molecule has 0 aliphatic carbocycles. The van der Waals surface area contributed by atoms with Crippen molar-refractivity contribution in [2.45, 2.75) is 45.4 Å². The predicted molar refractivity (Wildman–Crippen MR) is 77.0 cm³/mol. The normalized spacial score (nSPS) is 19.6. The average Bonchev–Trinajstić information content (AvgIpc) is 2.57. The molecular formula is C14H19BFNO4. The van der Waals surface area contributed by atoms with E-state index in [2.05, 4.69) is 5.32 Å². The summed E-state index contributed by atoms with van der Waals surface area (Å²) in [6, 6.07) is 4.77. The number of halogens is 1. The minimum Gasteiger partial charge on any atom is -0.465 e. The molecule has 21 heavy (non-hydrogen) atoms. The van der Waals surface area contributed by atoms with Gasteiger partial charge in [0.05, 0.1) is 11.2 Å². The summed E-state index contributed by atoms with van der Waals surface area (Å²) >= 11 is 0. The average molecular weight is 295 g/mol. The Kier molecular flexibility index (Phi) is 3.99. The zero-order valence-corrected chi connectivity index (χ0v) is 12.6. The lowest BCUT2D eigenvalue weighted by atomic mass is 9.78. The van der Waals surface area contributed by atoms with Crippen LogP contribution in [0.5, 0.6) is 0 Å². The van der Waals surface area contributed by atoms with E-state index in [-0.39, 0.29) is 17.6 Å². The van der Waals surface area contributed by atoms with Crippen molar-refractivity contribution in [3.63, 3.8) is 0 Å². The van der Waals surface area contributed by atoms with Gasteiger partial charge in [0, 0.05) is 17.6 Å². The largest absolute Gasteiger partial charge is 0.497 e. The van der Waals surface area contributed by atoms with Gasteiger partial charge in [0.25, 0.3) is 0 Å². The maximum Gasteiger partial charge on any atom is 0.497 e. The van der Waals surface area contributed by atoms with Crippen LogP contribution in [0.4, 0.5) is 9.18 Å². The number of hydrogen-bond acceptors (Lipinski definition) is 3. The molecule has 2 rings (SSSR count). The van der Waals surface area contributed by atoms with Gasteiger partial charge < -0.3 is 19.7 Å². The third-order valence-electron chi connectivity index (χ3n) is 4.05. The Labute approximate surface area is 123 Å². The Morgan fingerprint density at radius 2 is 1.86 bits per heavy atom. The Morgan fingerprint density at radius 3 is 2.38 bits per heavy atom. The van der Waals surface area contributed by atoms with Crippen LogP contribution < -0.4 is 10.8 Å². The van der Waals surface area contributed by atoms with E-state index in [0.29, 0.717) is 0 Å². The summed E-state index contributed by atoms with van der Waals surface area (Å²) in [6.45, 7) is 7.46. The van der Waals surface area contributed by atoms with E-state index in [9.17, 15) is 9.18 Å². The van der Waals surface area contributed by atoms with Crippen molar-refractivity contribution in [2.75, 3.05) is 0 Å². The monoisotopic (exact) mass is 295 g/mol. The molecule has 114 valence electrons. The van der Waals surface area contributed by atoms with Gasteiger partial charge in [-0.25, -0.2) is 9.18 Å². The van der Waals surface area contributed by atoms with Crippen LogP contribution in [-0.2, 0) is 15.9 Å². The molecule has 0 aromatic heterocycles. The molecule has 1 aliphatic rings. The maximum atomic E-state index is 14.5. The van der Waals surface area contributed by atoms with Gasteiger partial charge >= 0.3 is 13.2 Å². The first-order chi connectivity index (χ1) is 9.64. The van der Waals surface area contributed by atoms with Crippen LogP contribution in [-0.4, -0.2) is 29.5 Å². The van der Waals surface area contributed by atoms with Gasteiger partial charge in [0.2, 0.25) is 0 Å². The number of carbonyl (C=O) groups is 1. The quantitative estimate of drug-likeness (QED) is 0.836. The molecule has 0 radical (unpaired) electrons. The van der Waals surface area contributed by atoms with Crippen LogP contribution in [0.1, 0.15) is 33.3 Å². The molecule has 1 aromatic carbocycles. The van der Waals surface area contributed by atoms with E-state index in [4.69, 9.17) is 14.4 Å². The first-order valence-corrected chi connectivity index (χ1v) is 6.74. The predicted octanol–water partition coefficient (Wildman–Crippen LogP) is 1.89. The van der Waals surface area contributed by atoms with E-state index in [1.807, 2.05) is 27.7 Å². The van der Waals surface area contributed by atoms with Crippen molar-refractivity contribution in [3.05, 3.63) is 29.6 Å². The van der Waals surface area contributed by atoms with Crippen molar-refractivity contribution in [3.8, 4) is 0 Å². The summed E-state index contributed by atoms with van der Waals surface area (Å²) in [5.74, 6) is -0.509. The second-order valence-electron chi connectivity index (χ2n) is 6.07. The Bertz CT molecular complexity index is 546. The van der Waals surface area contributed by atoms with Crippen molar-refractivity contribution < 1.29 is 23.6 Å². The van der Waals surface area contributed by atoms with Crippen molar-refractivity contribution in [1.29, 1.82) is 0 Å². The van der Waals surface area contributed by atoms with Gasteiger partial charge in [0.15, 0.2) is 0 Å². The summed E-state index contributed by atoms with van der Waals surface area (Å²) in [6.07, 6.45) is -1.20. The molecule has 0 bridgehead atoms. The van der Waals surface area contributed by atoms with E-state index in [1.165, 1.54) is 6.07 Å². The van der Waals surface area contributed by atoms with Gasteiger partial charge in [-0.15, -0.1) is 0 Å². The third kappa shape index (κ3) is 3.03. The summed E-state index contributed by atoms with van der Waals surface area (Å²) in [5, 5.41) is 10.7. The molecule has 0 saturated carbocycles. The SMILES string of the molecule is CC1(C)OB(c2cccc(CNC(=O)O)c2F)OC1(C)C. The van der Waals surface area contributed by atoms with Gasteiger partial charge in [-0.05, 0) is 27.7 Å². The van der Waals surface area contributed by atoms with Gasteiger partial charge in [-0.1, -0.05) is 18.2 Å². The highest BCUT2D eigenvalue weighted by molar-refractivity contribution is 6.62. The van der Waals surface area contributed by atoms with E-state index in [1.54, 1.807) is 12.1 Å². The maximum absolute atomic E-state index is 14.5. The van der Waals surface area contributed by atoms with Gasteiger partial charge in [-0.2, -0.15) is 0 Å². The van der Waals surface area contributed by atoms with E-state index >= 15 is 0 Å². The summed E-state index contributed by atoms with van der Waals surface area (Å²) in [7, 11) is -0.806. The highest BCUT2D eigenvalue weighted by Gasteiger charge is 2.52. The zero-order valence-electron chi connectivity index (χ0n) is 12.6. The van der Waals surface area contributed by atoms with Gasteiger partial charge in [-0.3, -0.25) is 0 Å². The third-order valence-corrected chi connectivity index (χ3v) is 4.05. The molecule has 0 spiro atoms. The first-order valence-electron chi connectivity index (χ1n) is 6.74. The lowest BCUT2D eigenvalue weighted by Crippen LogP contribution is -2.41. The summed E-state index contributed by atoms with van der Waals surface area (Å²) in [5.41, 5.74) is -0.582. The first kappa shape index (κ1) is 15.8. The molecule has 2 N–H and O–H groups in total. The Balaban J connectivity index is 2.26. The topological polar surface area (TPSA) is 67.8 Å². The van der Waals surface area contributed by atoms with Crippen LogP contribution in [0.3, 0.4) is 0 Å². The molecule has 1 fully saturated rings. The molecule has 1 amide bonds. The fourth-order valence-electron chi connectivity index (χ4n) is 2.06. The van der Waals surface area contributed by atoms with Crippen LogP contribution in [0.2, 0.25) is 0 Å². The fourth-order valence-corrected chi connectivity index (χ4v) is 2.06. The smallest absolute Gasteiger partial charge is 0.465 e. The molecule has 1 aliphatic heterocycles. The standard InChI is InChI=1S/C14H19BFNO4/c1-13(2)14(3,4)21-15(20-13)10-7-5-6-9(11(10)16)8-17-12(18)19/h5-7,17H,8H2,1-4H3,(H,18,19). The molecule has 0 unspecified atom stereocenters. The Morgan fingerprint density at radius 1 is 1.29 bits per heavy atom. The highest BCUT2D eigenvalue weighted by atomic mass is 19.1. The number of amides is 1. The van der Waals surface area contributed by atoms with Crippen LogP contribution >= 0.6 is 0 Å². The van der Waals surface area contributed by atoms with Crippen LogP contribution in [0, 0.1) is 5.82 Å². The summed E-state index contributed by atoms with van der Waals surface area (Å²) in [4.78, 5) is 10.5. The highest BCUT2D eigenvalue weighted by Crippen LogP contribution is 2.36. The number of benzene rings is 1. The number of nitrogens with one attached hydrogen (secondary N) is 1. The second-order valence-corrected chi connectivity index (χ2v) is 6.07. The lowest BCUT2D eigenvalue weighted by molar-refractivity contribution is 0.00578. The van der Waals surface area contributed by atoms with Crippen molar-refractivity contribution in [1.82, 2.24) is 5.32 Å². The molecule has 5 nitrogen and oxygen atoms in total. The van der Waals surface area contributed by atoms with Crippen molar-refractivity contribution >= 4 is 18.7 Å². The number of carboxylic acid groups (broad SMARTS) is 1. The van der Waals surface area contributed by atoms with Crippen LogP contribution in [0.15, 0.2) is 18.2 Å². The van der Waals surface area contributed by atoms with E-state index in [0.717, 1.165) is 0 Å². The molecular weight excluding hydrogens is 276 g/mol. The van der Waals surface area contributed by atoms with Gasteiger partial charge in [0.1, 0.15) is 5.82 Å². The lowest BCUT2D eigenvalue weighted by Gasteiger charge is -2.32. The molecule has 1 aromatic rings. The molecule has 7 heteroatoms. The fraction of sp³-hybridized carbons (Fsp3) is 0.500. The van der Waals surface area contributed by atoms with E-state index < -0.39 is 30.2 Å². The minimum absolute atomic E-state index is 0.103. The number of rotatable bonds is 3. The number of hydrogen-bond donors (Lipinski definition) is 2. The summed E-state index contributed by atoms with van der Waals surface area (Å²) < 4.78 is 26.1. The molecule has 0 atom stereocenters. The minimum atomic E-state index is -1.20. The molecule has 1 saturated heterocycles. The second kappa shape index (κ2) is 5.31. The molecule has 1 heterocycles. The Hall–Kier alpha value is -1.60.